The number of ether oxygens (including phenoxy) is 1. The molecule has 0 aromatic heterocycles. The van der Waals surface area contributed by atoms with Crippen LogP contribution in [0.5, 0.6) is 0 Å². The van der Waals surface area contributed by atoms with Crippen LogP contribution < -0.4 is 5.73 Å². The van der Waals surface area contributed by atoms with Crippen molar-refractivity contribution in [3.05, 3.63) is 0 Å². The molecule has 0 heterocycles. The van der Waals surface area contributed by atoms with Crippen LogP contribution in [0.4, 0.5) is 4.79 Å². The third kappa shape index (κ3) is 6.01. The summed E-state index contributed by atoms with van der Waals surface area (Å²) in [6.07, 6.45) is 0.0902. The van der Waals surface area contributed by atoms with Gasteiger partial charge in [-0.05, 0) is 25.7 Å². The van der Waals surface area contributed by atoms with Crippen LogP contribution in [0, 0.1) is 5.41 Å². The van der Waals surface area contributed by atoms with Gasteiger partial charge in [-0.1, -0.05) is 20.8 Å². The Morgan fingerprint density at radius 3 is 1.92 bits per heavy atom. The van der Waals surface area contributed by atoms with Gasteiger partial charge in [0.05, 0.1) is 0 Å². The third-order valence-electron chi connectivity index (χ3n) is 1.33. The zero-order chi connectivity index (χ0) is 9.99. The predicted octanol–water partition coefficient (Wildman–Crippen LogP) is 2.30. The standard InChI is InChI=1S/C9H19NO2/c1-8(2,3)6-9(4,5)12-7(10)11/h6H2,1-5H3,(H2,10,11). The van der Waals surface area contributed by atoms with E-state index in [2.05, 4.69) is 20.8 Å². The molecule has 0 atom stereocenters. The Morgan fingerprint density at radius 1 is 1.25 bits per heavy atom. The lowest BCUT2D eigenvalue weighted by molar-refractivity contribution is 0.0154. The second kappa shape index (κ2) is 3.33. The lowest BCUT2D eigenvalue weighted by Gasteiger charge is -2.31. The van der Waals surface area contributed by atoms with E-state index in [1.54, 1.807) is 0 Å². The molecule has 0 unspecified atom stereocenters. The van der Waals surface area contributed by atoms with Gasteiger partial charge >= 0.3 is 6.09 Å². The quantitative estimate of drug-likeness (QED) is 0.696. The number of hydrogen-bond donors (Lipinski definition) is 1. The van der Waals surface area contributed by atoms with Crippen molar-refractivity contribution >= 4 is 6.09 Å². The summed E-state index contributed by atoms with van der Waals surface area (Å²) in [6, 6.07) is 0. The molecule has 12 heavy (non-hydrogen) atoms. The Hall–Kier alpha value is -0.730. The van der Waals surface area contributed by atoms with E-state index in [0.29, 0.717) is 0 Å². The number of nitrogens with two attached hydrogens (primary N) is 1. The molecule has 0 saturated heterocycles. The highest BCUT2D eigenvalue weighted by molar-refractivity contribution is 5.65. The lowest BCUT2D eigenvalue weighted by atomic mass is 9.84. The van der Waals surface area contributed by atoms with Crippen LogP contribution in [0.2, 0.25) is 0 Å². The van der Waals surface area contributed by atoms with Crippen molar-refractivity contribution in [3.63, 3.8) is 0 Å². The summed E-state index contributed by atoms with van der Waals surface area (Å²) < 4.78 is 4.95. The average molecular weight is 173 g/mol. The van der Waals surface area contributed by atoms with Crippen molar-refractivity contribution in [3.8, 4) is 0 Å². The normalized spacial score (nSPS) is 12.8. The van der Waals surface area contributed by atoms with Crippen molar-refractivity contribution in [2.45, 2.75) is 46.6 Å². The van der Waals surface area contributed by atoms with Crippen molar-refractivity contribution in [1.29, 1.82) is 0 Å². The van der Waals surface area contributed by atoms with Gasteiger partial charge < -0.3 is 10.5 Å². The van der Waals surface area contributed by atoms with Gasteiger partial charge in [0, 0.05) is 0 Å². The fraction of sp³-hybridized carbons (Fsp3) is 0.889. The highest BCUT2D eigenvalue weighted by atomic mass is 16.6. The Labute approximate surface area is 74.3 Å². The number of carbonyl (C=O) groups excluding carboxylic acids is 1. The van der Waals surface area contributed by atoms with Crippen molar-refractivity contribution in [2.75, 3.05) is 0 Å². The lowest BCUT2D eigenvalue weighted by Crippen LogP contribution is -2.34. The summed E-state index contributed by atoms with van der Waals surface area (Å²) in [5.74, 6) is 0. The molecular weight excluding hydrogens is 154 g/mol. The number of rotatable bonds is 2. The van der Waals surface area contributed by atoms with E-state index in [1.807, 2.05) is 13.8 Å². The van der Waals surface area contributed by atoms with E-state index in [0.717, 1.165) is 6.42 Å². The highest BCUT2D eigenvalue weighted by Crippen LogP contribution is 2.29. The van der Waals surface area contributed by atoms with Crippen LogP contribution in [0.15, 0.2) is 0 Å². The summed E-state index contributed by atoms with van der Waals surface area (Å²) in [4.78, 5) is 10.5. The Bertz CT molecular complexity index is 168. The minimum atomic E-state index is -0.704. The van der Waals surface area contributed by atoms with E-state index in [9.17, 15) is 4.79 Å². The molecular formula is C9H19NO2. The largest absolute Gasteiger partial charge is 0.444 e. The van der Waals surface area contributed by atoms with Crippen LogP contribution in [-0.4, -0.2) is 11.7 Å². The molecule has 0 aromatic rings. The SMILES string of the molecule is CC(C)(C)CC(C)(C)OC(N)=O. The molecule has 0 radical (unpaired) electrons. The summed E-state index contributed by atoms with van der Waals surface area (Å²) in [7, 11) is 0. The van der Waals surface area contributed by atoms with Crippen molar-refractivity contribution < 1.29 is 9.53 Å². The van der Waals surface area contributed by atoms with Gasteiger partial charge in [0.15, 0.2) is 0 Å². The number of hydrogen-bond acceptors (Lipinski definition) is 2. The van der Waals surface area contributed by atoms with Gasteiger partial charge in [-0.3, -0.25) is 0 Å². The first kappa shape index (κ1) is 11.3. The molecule has 0 bridgehead atoms. The first-order chi connectivity index (χ1) is 5.12. The molecule has 0 aliphatic heterocycles. The van der Waals surface area contributed by atoms with E-state index in [4.69, 9.17) is 10.5 Å². The minimum Gasteiger partial charge on any atom is -0.444 e. The molecule has 0 saturated carbocycles. The van der Waals surface area contributed by atoms with Crippen LogP contribution >= 0.6 is 0 Å². The van der Waals surface area contributed by atoms with Crippen LogP contribution in [0.1, 0.15) is 41.0 Å². The monoisotopic (exact) mass is 173 g/mol. The van der Waals surface area contributed by atoms with Crippen molar-refractivity contribution in [1.82, 2.24) is 0 Å². The molecule has 0 aliphatic carbocycles. The fourth-order valence-electron chi connectivity index (χ4n) is 1.59. The maximum atomic E-state index is 10.5. The Kier molecular flexibility index (Phi) is 3.13. The molecule has 0 aromatic carbocycles. The molecule has 0 rings (SSSR count). The first-order valence-corrected chi connectivity index (χ1v) is 4.11. The van der Waals surface area contributed by atoms with Crippen molar-refractivity contribution in [2.24, 2.45) is 11.1 Å². The highest BCUT2D eigenvalue weighted by Gasteiger charge is 2.28. The summed E-state index contributed by atoms with van der Waals surface area (Å²) in [5, 5.41) is 0. The molecule has 72 valence electrons. The minimum absolute atomic E-state index is 0.138. The maximum Gasteiger partial charge on any atom is 0.405 e. The number of carbonyl (C=O) groups is 1. The van der Waals surface area contributed by atoms with Gasteiger partial charge in [0.1, 0.15) is 5.60 Å². The molecule has 0 fully saturated rings. The van der Waals surface area contributed by atoms with E-state index in [1.165, 1.54) is 0 Å². The summed E-state index contributed by atoms with van der Waals surface area (Å²) in [5.41, 5.74) is 4.61. The zero-order valence-corrected chi connectivity index (χ0v) is 8.60. The molecule has 3 heteroatoms. The van der Waals surface area contributed by atoms with E-state index in [-0.39, 0.29) is 5.41 Å². The second-order valence-electron chi connectivity index (χ2n) is 4.92. The zero-order valence-electron chi connectivity index (χ0n) is 8.60. The van der Waals surface area contributed by atoms with Crippen LogP contribution in [0.3, 0.4) is 0 Å². The number of primary amides is 1. The average Bonchev–Trinajstić information content (AvgIpc) is 1.48. The predicted molar refractivity (Wildman–Crippen MR) is 48.8 cm³/mol. The summed E-state index contributed by atoms with van der Waals surface area (Å²) in [6.45, 7) is 10.0. The number of amides is 1. The van der Waals surface area contributed by atoms with E-state index < -0.39 is 11.7 Å². The van der Waals surface area contributed by atoms with Gasteiger partial charge in [-0.15, -0.1) is 0 Å². The van der Waals surface area contributed by atoms with Gasteiger partial charge in [-0.2, -0.15) is 0 Å². The van der Waals surface area contributed by atoms with Crippen LogP contribution in [0.25, 0.3) is 0 Å². The fourth-order valence-corrected chi connectivity index (χ4v) is 1.59. The Balaban J connectivity index is 4.13. The Morgan fingerprint density at radius 2 is 1.67 bits per heavy atom. The third-order valence-corrected chi connectivity index (χ3v) is 1.33. The molecule has 3 nitrogen and oxygen atoms in total. The first-order valence-electron chi connectivity index (χ1n) is 4.11. The summed E-state index contributed by atoms with van der Waals surface area (Å²) >= 11 is 0. The van der Waals surface area contributed by atoms with Gasteiger partial charge in [-0.25, -0.2) is 4.79 Å². The topological polar surface area (TPSA) is 52.3 Å². The molecule has 2 N–H and O–H groups in total. The maximum absolute atomic E-state index is 10.5. The van der Waals surface area contributed by atoms with Gasteiger partial charge in [0.25, 0.3) is 0 Å². The smallest absolute Gasteiger partial charge is 0.405 e. The molecule has 0 spiro atoms. The van der Waals surface area contributed by atoms with Gasteiger partial charge in [0.2, 0.25) is 0 Å². The van der Waals surface area contributed by atoms with E-state index >= 15 is 0 Å². The molecule has 0 aliphatic rings. The molecule has 1 amide bonds. The van der Waals surface area contributed by atoms with Crippen LogP contribution in [-0.2, 0) is 4.74 Å². The second-order valence-corrected chi connectivity index (χ2v) is 4.92.